The molecule has 1 heterocycles. The maximum Gasteiger partial charge on any atom is 0.0340 e. The Balaban J connectivity index is 2.16. The minimum atomic E-state index is 0.172. The molecular formula is C16H28N2S. The first kappa shape index (κ1) is 15.0. The minimum Gasteiger partial charge on any atom is -0.329 e. The quantitative estimate of drug-likeness (QED) is 0.910. The van der Waals surface area contributed by atoms with Gasteiger partial charge in [0.2, 0.25) is 0 Å². The summed E-state index contributed by atoms with van der Waals surface area (Å²) >= 11 is 1.84. The van der Waals surface area contributed by atoms with E-state index in [1.54, 1.807) is 0 Å². The fourth-order valence-corrected chi connectivity index (χ4v) is 4.86. The van der Waals surface area contributed by atoms with Crippen LogP contribution in [0.4, 0.5) is 0 Å². The van der Waals surface area contributed by atoms with Gasteiger partial charge in [0.15, 0.2) is 0 Å². The Morgan fingerprint density at radius 2 is 2.16 bits per heavy atom. The van der Waals surface area contributed by atoms with Crippen molar-refractivity contribution in [1.29, 1.82) is 0 Å². The maximum atomic E-state index is 6.21. The SMILES string of the molecule is CC1CC(C)(C)CC(CN)(N(C)Cc2cccs2)C1. The molecule has 2 N–H and O–H groups in total. The Kier molecular flexibility index (Phi) is 4.38. The summed E-state index contributed by atoms with van der Waals surface area (Å²) in [6, 6.07) is 4.36. The highest BCUT2D eigenvalue weighted by atomic mass is 32.1. The van der Waals surface area contributed by atoms with E-state index < -0.39 is 0 Å². The molecule has 3 heteroatoms. The van der Waals surface area contributed by atoms with Crippen LogP contribution in [0, 0.1) is 11.3 Å². The highest BCUT2D eigenvalue weighted by molar-refractivity contribution is 7.09. The summed E-state index contributed by atoms with van der Waals surface area (Å²) < 4.78 is 0. The van der Waals surface area contributed by atoms with Gasteiger partial charge in [-0.2, -0.15) is 0 Å². The molecule has 0 spiro atoms. The van der Waals surface area contributed by atoms with Gasteiger partial charge in [-0.15, -0.1) is 11.3 Å². The van der Waals surface area contributed by atoms with Crippen molar-refractivity contribution < 1.29 is 0 Å². The molecule has 1 fully saturated rings. The normalized spacial score (nSPS) is 30.7. The third-order valence-electron chi connectivity index (χ3n) is 4.60. The third-order valence-corrected chi connectivity index (χ3v) is 5.46. The van der Waals surface area contributed by atoms with E-state index >= 15 is 0 Å². The van der Waals surface area contributed by atoms with E-state index in [9.17, 15) is 0 Å². The smallest absolute Gasteiger partial charge is 0.0340 e. The summed E-state index contributed by atoms with van der Waals surface area (Å²) in [6.45, 7) is 8.96. The Morgan fingerprint density at radius 3 is 2.68 bits per heavy atom. The van der Waals surface area contributed by atoms with Crippen molar-refractivity contribution in [3.05, 3.63) is 22.4 Å². The van der Waals surface area contributed by atoms with E-state index in [0.717, 1.165) is 19.0 Å². The van der Waals surface area contributed by atoms with Crippen LogP contribution < -0.4 is 5.73 Å². The van der Waals surface area contributed by atoms with Gasteiger partial charge in [0.25, 0.3) is 0 Å². The van der Waals surface area contributed by atoms with Crippen molar-refractivity contribution >= 4 is 11.3 Å². The van der Waals surface area contributed by atoms with Crippen LogP contribution in [0.3, 0.4) is 0 Å². The van der Waals surface area contributed by atoms with E-state index in [0.29, 0.717) is 5.41 Å². The lowest BCUT2D eigenvalue weighted by molar-refractivity contribution is -0.000632. The van der Waals surface area contributed by atoms with Gasteiger partial charge in [-0.25, -0.2) is 0 Å². The molecule has 108 valence electrons. The molecule has 2 atom stereocenters. The molecule has 1 aromatic heterocycles. The fourth-order valence-electron chi connectivity index (χ4n) is 4.11. The van der Waals surface area contributed by atoms with Crippen LogP contribution in [-0.2, 0) is 6.54 Å². The van der Waals surface area contributed by atoms with Crippen LogP contribution in [0.15, 0.2) is 17.5 Å². The molecule has 1 aliphatic rings. The van der Waals surface area contributed by atoms with E-state index in [1.807, 2.05) is 11.3 Å². The average Bonchev–Trinajstić information content (AvgIpc) is 2.78. The second-order valence-electron chi connectivity index (χ2n) is 7.22. The van der Waals surface area contributed by atoms with E-state index in [1.165, 1.54) is 24.1 Å². The fraction of sp³-hybridized carbons (Fsp3) is 0.750. The Bertz CT molecular complexity index is 399. The highest BCUT2D eigenvalue weighted by Crippen LogP contribution is 2.46. The number of nitrogens with two attached hydrogens (primary N) is 1. The summed E-state index contributed by atoms with van der Waals surface area (Å²) in [7, 11) is 2.25. The summed E-state index contributed by atoms with van der Waals surface area (Å²) in [5, 5.41) is 2.16. The zero-order valence-electron chi connectivity index (χ0n) is 12.8. The zero-order chi connectivity index (χ0) is 14.1. The van der Waals surface area contributed by atoms with Crippen molar-refractivity contribution in [2.24, 2.45) is 17.1 Å². The average molecular weight is 280 g/mol. The molecular weight excluding hydrogens is 252 g/mol. The molecule has 0 radical (unpaired) electrons. The van der Waals surface area contributed by atoms with Gasteiger partial charge in [0, 0.05) is 23.5 Å². The maximum absolute atomic E-state index is 6.21. The van der Waals surface area contributed by atoms with Gasteiger partial charge < -0.3 is 5.73 Å². The lowest BCUT2D eigenvalue weighted by atomic mass is 9.63. The first-order chi connectivity index (χ1) is 8.87. The monoisotopic (exact) mass is 280 g/mol. The predicted molar refractivity (Wildman–Crippen MR) is 84.4 cm³/mol. The largest absolute Gasteiger partial charge is 0.329 e. The first-order valence-corrected chi connectivity index (χ1v) is 8.19. The van der Waals surface area contributed by atoms with E-state index in [2.05, 4.69) is 50.2 Å². The number of hydrogen-bond acceptors (Lipinski definition) is 3. The highest BCUT2D eigenvalue weighted by Gasteiger charge is 2.44. The summed E-state index contributed by atoms with van der Waals surface area (Å²) in [5.74, 6) is 0.762. The lowest BCUT2D eigenvalue weighted by Gasteiger charge is -2.52. The summed E-state index contributed by atoms with van der Waals surface area (Å²) in [4.78, 5) is 3.95. The zero-order valence-corrected chi connectivity index (χ0v) is 13.6. The number of nitrogens with zero attached hydrogens (tertiary/aromatic N) is 1. The Morgan fingerprint density at radius 1 is 1.42 bits per heavy atom. The van der Waals surface area contributed by atoms with Gasteiger partial charge in [0.1, 0.15) is 0 Å². The van der Waals surface area contributed by atoms with E-state index in [-0.39, 0.29) is 5.54 Å². The van der Waals surface area contributed by atoms with Gasteiger partial charge >= 0.3 is 0 Å². The molecule has 0 aromatic carbocycles. The summed E-state index contributed by atoms with van der Waals surface area (Å²) in [6.07, 6.45) is 3.76. The standard InChI is InChI=1S/C16H28N2S/c1-13-8-15(2,3)11-16(9-13,12-17)18(4)10-14-6-5-7-19-14/h5-7,13H,8-12,17H2,1-4H3. The van der Waals surface area contributed by atoms with Crippen molar-refractivity contribution in [3.63, 3.8) is 0 Å². The Labute approximate surface area is 122 Å². The number of likely N-dealkylation sites (N-methyl/N-ethyl adjacent to an activating group) is 1. The van der Waals surface area contributed by atoms with Crippen molar-refractivity contribution in [3.8, 4) is 0 Å². The van der Waals surface area contributed by atoms with Crippen molar-refractivity contribution in [2.45, 2.75) is 52.1 Å². The molecule has 0 bridgehead atoms. The van der Waals surface area contributed by atoms with Gasteiger partial charge in [-0.3, -0.25) is 4.90 Å². The van der Waals surface area contributed by atoms with Crippen LogP contribution in [0.1, 0.15) is 44.9 Å². The molecule has 0 aliphatic heterocycles. The van der Waals surface area contributed by atoms with Crippen LogP contribution >= 0.6 is 11.3 Å². The summed E-state index contributed by atoms with van der Waals surface area (Å²) in [5.41, 5.74) is 6.79. The number of thiophene rings is 1. The molecule has 2 nitrogen and oxygen atoms in total. The second-order valence-corrected chi connectivity index (χ2v) is 8.25. The predicted octanol–water partition coefficient (Wildman–Crippen LogP) is 3.72. The molecule has 0 saturated heterocycles. The third kappa shape index (κ3) is 3.39. The van der Waals surface area contributed by atoms with Crippen molar-refractivity contribution in [2.75, 3.05) is 13.6 Å². The van der Waals surface area contributed by atoms with Crippen molar-refractivity contribution in [1.82, 2.24) is 4.90 Å². The van der Waals surface area contributed by atoms with Gasteiger partial charge in [0.05, 0.1) is 0 Å². The number of hydrogen-bond donors (Lipinski definition) is 1. The van der Waals surface area contributed by atoms with Crippen LogP contribution in [0.25, 0.3) is 0 Å². The molecule has 1 aromatic rings. The lowest BCUT2D eigenvalue weighted by Crippen LogP contribution is -2.57. The second kappa shape index (κ2) is 5.55. The van der Waals surface area contributed by atoms with E-state index in [4.69, 9.17) is 5.73 Å². The Hall–Kier alpha value is -0.380. The van der Waals surface area contributed by atoms with Gasteiger partial charge in [-0.05, 0) is 49.1 Å². The number of rotatable bonds is 4. The minimum absolute atomic E-state index is 0.172. The topological polar surface area (TPSA) is 29.3 Å². The molecule has 0 amide bonds. The van der Waals surface area contributed by atoms with Gasteiger partial charge in [-0.1, -0.05) is 26.8 Å². The molecule has 2 unspecified atom stereocenters. The first-order valence-electron chi connectivity index (χ1n) is 7.31. The van der Waals surface area contributed by atoms with Crippen LogP contribution in [0.2, 0.25) is 0 Å². The van der Waals surface area contributed by atoms with Crippen LogP contribution in [0.5, 0.6) is 0 Å². The molecule has 1 aliphatic carbocycles. The molecule has 2 rings (SSSR count). The van der Waals surface area contributed by atoms with Crippen LogP contribution in [-0.4, -0.2) is 24.0 Å². The molecule has 19 heavy (non-hydrogen) atoms. The molecule has 1 saturated carbocycles.